The van der Waals surface area contributed by atoms with Crippen molar-refractivity contribution in [3.05, 3.63) is 460 Å². The first kappa shape index (κ1) is 78.6. The van der Waals surface area contributed by atoms with Crippen molar-refractivity contribution in [2.45, 2.75) is 19.3 Å². The Morgan fingerprint density at radius 3 is 1.34 bits per heavy atom. The SMILES string of the molecule is CC1(C)c2ccccc2-c2ccc(-c3c(-c4csc5ccccc45)c4ccc5c6ccccc6sc5c4c4ccccc34)cc21.c1ccc(-c2ccc3c(-c4cccnc4)c(-c4cc5ccccc5c5ccccc45)c4ccc5c6ccccc6oc5c4c3c2)cc1.c1cncc(-c2c(-c3cc4ccccc4c4ccccc34)c3ccc4c(oc5ccc6ccccc6c54)c3c3ccccc23)c1. The number of rotatable bonds is 7. The summed E-state index contributed by atoms with van der Waals surface area (Å²) >= 11 is 3.78. The van der Waals surface area contributed by atoms with Gasteiger partial charge in [-0.25, -0.2) is 0 Å². The highest BCUT2D eigenvalue weighted by atomic mass is 32.1. The second kappa shape index (κ2) is 31.1. The summed E-state index contributed by atoms with van der Waals surface area (Å²) in [6.07, 6.45) is 7.69. The Morgan fingerprint density at radius 2 is 0.672 bits per heavy atom. The lowest BCUT2D eigenvalue weighted by Crippen LogP contribution is -2.14. The molecule has 6 heterocycles. The van der Waals surface area contributed by atoms with Gasteiger partial charge in [-0.3, -0.25) is 9.97 Å². The molecule has 29 aromatic rings. The van der Waals surface area contributed by atoms with Crippen LogP contribution in [0.2, 0.25) is 0 Å². The Labute approximate surface area is 796 Å². The number of furan rings is 2. The lowest BCUT2D eigenvalue weighted by atomic mass is 9.80. The second-order valence-electron chi connectivity index (χ2n) is 37.0. The Kier molecular flexibility index (Phi) is 17.8. The highest BCUT2D eigenvalue weighted by molar-refractivity contribution is 7.26. The highest BCUT2D eigenvalue weighted by Gasteiger charge is 2.37. The van der Waals surface area contributed by atoms with Crippen molar-refractivity contribution in [3.8, 4) is 89.0 Å². The third-order valence-electron chi connectivity index (χ3n) is 29.4. The van der Waals surface area contributed by atoms with Crippen LogP contribution in [0.4, 0.5) is 0 Å². The average Bonchev–Trinajstić information content (AvgIpc) is 1.67. The summed E-state index contributed by atoms with van der Waals surface area (Å²) in [4.78, 5) is 9.20. The van der Waals surface area contributed by atoms with E-state index in [1.54, 1.807) is 0 Å². The fraction of sp³-hybridized carbons (Fsp3) is 0.0229. The van der Waals surface area contributed by atoms with Crippen molar-refractivity contribution in [3.63, 3.8) is 0 Å². The highest BCUT2D eigenvalue weighted by Crippen LogP contribution is 2.58. The van der Waals surface area contributed by atoms with Crippen LogP contribution >= 0.6 is 22.7 Å². The molecule has 0 atom stereocenters. The number of para-hydroxylation sites is 1. The molecule has 1 aliphatic carbocycles. The maximum absolute atomic E-state index is 6.86. The Balaban J connectivity index is 0.000000102. The molecule has 0 N–H and O–H groups in total. The average molecular weight is 1780 g/mol. The van der Waals surface area contributed by atoms with Crippen molar-refractivity contribution in [1.29, 1.82) is 0 Å². The van der Waals surface area contributed by atoms with Crippen molar-refractivity contribution in [1.82, 2.24) is 9.97 Å². The zero-order valence-corrected chi connectivity index (χ0v) is 76.4. The van der Waals surface area contributed by atoms with Gasteiger partial charge in [0.25, 0.3) is 0 Å². The summed E-state index contributed by atoms with van der Waals surface area (Å²) in [5.74, 6) is 0. The van der Waals surface area contributed by atoms with Gasteiger partial charge in [0.1, 0.15) is 22.3 Å². The van der Waals surface area contributed by atoms with E-state index in [0.717, 1.165) is 65.8 Å². The molecule has 30 rings (SSSR count). The topological polar surface area (TPSA) is 52.1 Å². The Bertz CT molecular complexity index is 10200. The molecule has 4 nitrogen and oxygen atoms in total. The summed E-state index contributed by atoms with van der Waals surface area (Å²) in [5.41, 5.74) is 26.1. The number of hydrogen-bond acceptors (Lipinski definition) is 6. The molecule has 638 valence electrons. The molecule has 0 fully saturated rings. The first-order valence-corrected chi connectivity index (χ1v) is 48.7. The smallest absolute Gasteiger partial charge is 0.143 e. The minimum atomic E-state index is -0.0624. The van der Waals surface area contributed by atoms with Crippen molar-refractivity contribution in [2.24, 2.45) is 0 Å². The molecular weight excluding hydrogens is 1700 g/mol. The van der Waals surface area contributed by atoms with Gasteiger partial charge >= 0.3 is 0 Å². The third-order valence-corrected chi connectivity index (χ3v) is 31.5. The van der Waals surface area contributed by atoms with E-state index in [-0.39, 0.29) is 5.41 Å². The fourth-order valence-electron chi connectivity index (χ4n) is 23.4. The second-order valence-corrected chi connectivity index (χ2v) is 38.9. The minimum Gasteiger partial charge on any atom is -0.455 e. The summed E-state index contributed by atoms with van der Waals surface area (Å²) in [5, 5.41) is 37.9. The molecule has 0 amide bonds. The van der Waals surface area contributed by atoms with Crippen LogP contribution in [0.5, 0.6) is 0 Å². The van der Waals surface area contributed by atoms with E-state index in [2.05, 4.69) is 430 Å². The van der Waals surface area contributed by atoms with Gasteiger partial charge in [0.2, 0.25) is 0 Å². The molecule has 0 saturated heterocycles. The van der Waals surface area contributed by atoms with Gasteiger partial charge in [-0.15, -0.1) is 22.7 Å². The van der Waals surface area contributed by atoms with E-state index in [1.165, 1.54) is 227 Å². The van der Waals surface area contributed by atoms with Crippen LogP contribution in [0.3, 0.4) is 0 Å². The summed E-state index contributed by atoms with van der Waals surface area (Å²) in [6.45, 7) is 4.76. The summed E-state index contributed by atoms with van der Waals surface area (Å²) in [7, 11) is 0. The first-order valence-electron chi connectivity index (χ1n) is 47.0. The number of benzene rings is 23. The molecule has 6 aromatic heterocycles. The van der Waals surface area contributed by atoms with Gasteiger partial charge in [0.15, 0.2) is 0 Å². The molecule has 137 heavy (non-hydrogen) atoms. The molecule has 0 bridgehead atoms. The number of nitrogens with zero attached hydrogens (tertiary/aromatic N) is 2. The van der Waals surface area contributed by atoms with E-state index in [0.29, 0.717) is 0 Å². The number of aromatic nitrogens is 2. The van der Waals surface area contributed by atoms with E-state index in [1.807, 2.05) is 65.7 Å². The van der Waals surface area contributed by atoms with E-state index in [9.17, 15) is 0 Å². The van der Waals surface area contributed by atoms with Crippen LogP contribution in [-0.2, 0) is 5.41 Å². The quantitative estimate of drug-likeness (QED) is 0.149. The molecule has 6 heteroatoms. The molecule has 0 unspecified atom stereocenters. The van der Waals surface area contributed by atoms with Crippen LogP contribution in [0.25, 0.3) is 282 Å². The van der Waals surface area contributed by atoms with E-state index >= 15 is 0 Å². The maximum Gasteiger partial charge on any atom is 0.143 e. The first-order chi connectivity index (χ1) is 67.8. The monoisotopic (exact) mass is 1780 g/mol. The summed E-state index contributed by atoms with van der Waals surface area (Å²) in [6, 6.07) is 153. The van der Waals surface area contributed by atoms with Gasteiger partial charge < -0.3 is 8.83 Å². The fourth-order valence-corrected chi connectivity index (χ4v) is 25.6. The molecule has 1 aliphatic rings. The molecule has 0 radical (unpaired) electrons. The maximum atomic E-state index is 6.86. The normalized spacial score (nSPS) is 12.5. The number of hydrogen-bond donors (Lipinski definition) is 0. The standard InChI is InChI=1S/C45H27NO.C43H25NO.C43H28S2/c1-2-11-28(12-3-1)29-20-21-36-40(25-29)44-38(23-22-37-35-18-8-9-19-41(35)47-45(37)44)43(42(36)31-14-10-24-46-27-31)39-26-30-13-4-5-15-32(30)33-16-6-7-17-34(33)39;1-4-14-30-26(10-1)19-22-38-40(30)36-21-20-35-41(37-24-27-11-2-3-13-29(27)31-15-5-6-16-32(31)37)39(28-12-9-23-44-25-28)33-17-7-8-18-34(33)42(35)43(36)45-38;1-43(2)35-16-8-5-11-26(35)27-20-19-25(23-36(27)43)39-30-14-3-4-15-31(30)41-33(40(39)34-24-44-37-17-9-6-13-29(34)37)22-21-32-28-12-7-10-18-38(28)45-42(32)41/h1-27H;1-25H;3-24H,1-2H3. The third kappa shape index (κ3) is 12.1. The Morgan fingerprint density at radius 1 is 0.219 bits per heavy atom. The van der Waals surface area contributed by atoms with Crippen LogP contribution in [-0.4, -0.2) is 9.97 Å². The predicted octanol–water partition coefficient (Wildman–Crippen LogP) is 37.9. The number of thiophene rings is 2. The zero-order valence-electron chi connectivity index (χ0n) is 74.8. The van der Waals surface area contributed by atoms with Crippen LogP contribution in [0.15, 0.2) is 458 Å². The summed E-state index contributed by atoms with van der Waals surface area (Å²) < 4.78 is 17.7. The van der Waals surface area contributed by atoms with Crippen molar-refractivity contribution >= 4 is 215 Å². The Hall–Kier alpha value is -17.0. The van der Waals surface area contributed by atoms with Gasteiger partial charge in [0.05, 0.1) is 0 Å². The molecule has 0 saturated carbocycles. The molecule has 0 aliphatic heterocycles. The lowest BCUT2D eigenvalue weighted by Gasteiger charge is -2.23. The predicted molar refractivity (Wildman–Crippen MR) is 586 cm³/mol. The van der Waals surface area contributed by atoms with Gasteiger partial charge in [0, 0.05) is 115 Å². The largest absolute Gasteiger partial charge is 0.455 e. The van der Waals surface area contributed by atoms with Gasteiger partial charge in [-0.05, 0) is 264 Å². The van der Waals surface area contributed by atoms with Crippen molar-refractivity contribution < 1.29 is 8.83 Å². The van der Waals surface area contributed by atoms with E-state index < -0.39 is 0 Å². The van der Waals surface area contributed by atoms with Gasteiger partial charge in [-0.1, -0.05) is 360 Å². The minimum absolute atomic E-state index is 0.0624. The van der Waals surface area contributed by atoms with E-state index in [4.69, 9.17) is 8.83 Å². The van der Waals surface area contributed by atoms with Gasteiger partial charge in [-0.2, -0.15) is 0 Å². The van der Waals surface area contributed by atoms with Crippen LogP contribution < -0.4 is 0 Å². The van der Waals surface area contributed by atoms with Crippen LogP contribution in [0.1, 0.15) is 25.0 Å². The van der Waals surface area contributed by atoms with Crippen molar-refractivity contribution in [2.75, 3.05) is 0 Å². The number of pyridine rings is 2. The molecular formula is C131H80N2O2S2. The number of fused-ring (bicyclic) bond motifs is 33. The lowest BCUT2D eigenvalue weighted by molar-refractivity contribution is 0.660. The molecule has 0 spiro atoms. The zero-order chi connectivity index (χ0) is 90.2. The van der Waals surface area contributed by atoms with Crippen LogP contribution in [0, 0.1) is 0 Å². The molecule has 23 aromatic carbocycles.